The summed E-state index contributed by atoms with van der Waals surface area (Å²) in [5.74, 6) is -1.06. The SMILES string of the molecule is CCOC(=O)c1c[nH]c2c(COC(C)=O)cc(C)cc2c1=O. The fourth-order valence-electron chi connectivity index (χ4n) is 2.22. The van der Waals surface area contributed by atoms with Gasteiger partial charge in [-0.1, -0.05) is 6.07 Å². The molecule has 1 aromatic heterocycles. The van der Waals surface area contributed by atoms with Gasteiger partial charge in [0.2, 0.25) is 5.43 Å². The molecule has 1 N–H and O–H groups in total. The number of H-pyrrole nitrogens is 1. The highest BCUT2D eigenvalue weighted by Gasteiger charge is 2.16. The minimum Gasteiger partial charge on any atom is -0.462 e. The number of pyridine rings is 1. The first-order chi connectivity index (χ1) is 10.4. The Bertz CT molecular complexity index is 791. The van der Waals surface area contributed by atoms with Crippen molar-refractivity contribution in [3.63, 3.8) is 0 Å². The van der Waals surface area contributed by atoms with Crippen molar-refractivity contribution in [1.82, 2.24) is 4.98 Å². The summed E-state index contributed by atoms with van der Waals surface area (Å²) in [6.45, 7) is 5.07. The monoisotopic (exact) mass is 303 g/mol. The van der Waals surface area contributed by atoms with Gasteiger partial charge in [0.1, 0.15) is 12.2 Å². The van der Waals surface area contributed by atoms with Crippen molar-refractivity contribution >= 4 is 22.8 Å². The van der Waals surface area contributed by atoms with Crippen LogP contribution >= 0.6 is 0 Å². The van der Waals surface area contributed by atoms with Crippen molar-refractivity contribution in [2.75, 3.05) is 6.61 Å². The Morgan fingerprint density at radius 2 is 1.95 bits per heavy atom. The number of aryl methyl sites for hydroxylation is 1. The molecule has 0 radical (unpaired) electrons. The van der Waals surface area contributed by atoms with E-state index in [0.717, 1.165) is 5.56 Å². The highest BCUT2D eigenvalue weighted by Crippen LogP contribution is 2.18. The fraction of sp³-hybridized carbons (Fsp3) is 0.312. The zero-order valence-corrected chi connectivity index (χ0v) is 12.7. The molecule has 116 valence electrons. The van der Waals surface area contributed by atoms with Crippen LogP contribution in [-0.2, 0) is 20.9 Å². The van der Waals surface area contributed by atoms with Crippen LogP contribution in [0.15, 0.2) is 23.1 Å². The summed E-state index contributed by atoms with van der Waals surface area (Å²) < 4.78 is 9.86. The molecule has 0 saturated carbocycles. The maximum absolute atomic E-state index is 12.5. The summed E-state index contributed by atoms with van der Waals surface area (Å²) >= 11 is 0. The third kappa shape index (κ3) is 3.16. The van der Waals surface area contributed by atoms with Crippen molar-refractivity contribution in [2.24, 2.45) is 0 Å². The Kier molecular flexibility index (Phi) is 4.60. The molecule has 0 atom stereocenters. The summed E-state index contributed by atoms with van der Waals surface area (Å²) in [4.78, 5) is 38.1. The van der Waals surface area contributed by atoms with Gasteiger partial charge >= 0.3 is 11.9 Å². The lowest BCUT2D eigenvalue weighted by molar-refractivity contribution is -0.142. The number of aromatic nitrogens is 1. The molecule has 0 fully saturated rings. The number of rotatable bonds is 4. The van der Waals surface area contributed by atoms with E-state index in [-0.39, 0.29) is 18.8 Å². The van der Waals surface area contributed by atoms with Gasteiger partial charge in [0.05, 0.1) is 12.1 Å². The summed E-state index contributed by atoms with van der Waals surface area (Å²) in [5, 5.41) is 0.368. The van der Waals surface area contributed by atoms with Gasteiger partial charge in [-0.05, 0) is 25.5 Å². The highest BCUT2D eigenvalue weighted by atomic mass is 16.5. The summed E-state index contributed by atoms with van der Waals surface area (Å²) in [7, 11) is 0. The standard InChI is InChI=1S/C16H17NO5/c1-4-21-16(20)13-7-17-14-11(8-22-10(3)18)5-9(2)6-12(14)15(13)19/h5-7H,4,8H2,1-3H3,(H,17,19). The molecule has 0 aliphatic heterocycles. The van der Waals surface area contributed by atoms with Crippen LogP contribution in [0.3, 0.4) is 0 Å². The van der Waals surface area contributed by atoms with Gasteiger partial charge in [0.25, 0.3) is 0 Å². The van der Waals surface area contributed by atoms with Crippen molar-refractivity contribution in [1.29, 1.82) is 0 Å². The van der Waals surface area contributed by atoms with Gasteiger partial charge in [-0.25, -0.2) is 4.79 Å². The Morgan fingerprint density at radius 1 is 1.23 bits per heavy atom. The minimum absolute atomic E-state index is 0.0432. The van der Waals surface area contributed by atoms with Crippen LogP contribution < -0.4 is 5.43 Å². The number of fused-ring (bicyclic) bond motifs is 1. The van der Waals surface area contributed by atoms with Crippen molar-refractivity contribution < 1.29 is 19.1 Å². The van der Waals surface area contributed by atoms with E-state index in [1.165, 1.54) is 13.1 Å². The van der Waals surface area contributed by atoms with E-state index in [1.54, 1.807) is 13.0 Å². The summed E-state index contributed by atoms with van der Waals surface area (Å²) in [5.41, 5.74) is 1.61. The summed E-state index contributed by atoms with van der Waals surface area (Å²) in [6.07, 6.45) is 1.33. The van der Waals surface area contributed by atoms with Crippen LogP contribution in [0.1, 0.15) is 35.3 Å². The van der Waals surface area contributed by atoms with Crippen molar-refractivity contribution in [2.45, 2.75) is 27.4 Å². The molecular formula is C16H17NO5. The minimum atomic E-state index is -0.659. The van der Waals surface area contributed by atoms with Gasteiger partial charge in [0, 0.05) is 24.1 Å². The van der Waals surface area contributed by atoms with E-state index < -0.39 is 17.4 Å². The third-order valence-electron chi connectivity index (χ3n) is 3.14. The van der Waals surface area contributed by atoms with Gasteiger partial charge in [-0.3, -0.25) is 9.59 Å². The smallest absolute Gasteiger partial charge is 0.343 e. The van der Waals surface area contributed by atoms with E-state index in [1.807, 2.05) is 13.0 Å². The van der Waals surface area contributed by atoms with Crippen LogP contribution in [0.4, 0.5) is 0 Å². The van der Waals surface area contributed by atoms with Crippen LogP contribution in [0.25, 0.3) is 10.9 Å². The molecule has 1 aromatic carbocycles. The molecule has 0 spiro atoms. The second kappa shape index (κ2) is 6.43. The second-order valence-corrected chi connectivity index (χ2v) is 4.88. The van der Waals surface area contributed by atoms with E-state index in [0.29, 0.717) is 16.5 Å². The molecule has 6 heteroatoms. The number of hydrogen-bond acceptors (Lipinski definition) is 5. The highest BCUT2D eigenvalue weighted by molar-refractivity contribution is 5.94. The predicted molar refractivity (Wildman–Crippen MR) is 80.7 cm³/mol. The van der Waals surface area contributed by atoms with E-state index in [2.05, 4.69) is 4.98 Å². The quantitative estimate of drug-likeness (QED) is 0.874. The van der Waals surface area contributed by atoms with Crippen LogP contribution in [0.5, 0.6) is 0 Å². The maximum atomic E-state index is 12.5. The number of esters is 2. The molecule has 6 nitrogen and oxygen atoms in total. The molecule has 2 rings (SSSR count). The fourth-order valence-corrected chi connectivity index (χ4v) is 2.22. The molecular weight excluding hydrogens is 286 g/mol. The molecule has 0 unspecified atom stereocenters. The largest absolute Gasteiger partial charge is 0.462 e. The van der Waals surface area contributed by atoms with Gasteiger partial charge in [-0.2, -0.15) is 0 Å². The number of nitrogens with one attached hydrogen (secondary N) is 1. The molecule has 0 bridgehead atoms. The zero-order chi connectivity index (χ0) is 16.3. The first-order valence-corrected chi connectivity index (χ1v) is 6.89. The molecule has 0 aliphatic rings. The number of hydrogen-bond donors (Lipinski definition) is 1. The third-order valence-corrected chi connectivity index (χ3v) is 3.14. The molecule has 2 aromatic rings. The maximum Gasteiger partial charge on any atom is 0.343 e. The van der Waals surface area contributed by atoms with Gasteiger partial charge in [-0.15, -0.1) is 0 Å². The van der Waals surface area contributed by atoms with Gasteiger partial charge in [0.15, 0.2) is 0 Å². The lowest BCUT2D eigenvalue weighted by atomic mass is 10.0. The number of carbonyl (C=O) groups is 2. The number of ether oxygens (including phenoxy) is 2. The van der Waals surface area contributed by atoms with E-state index >= 15 is 0 Å². The Balaban J connectivity index is 2.58. The Morgan fingerprint density at radius 3 is 2.59 bits per heavy atom. The van der Waals surface area contributed by atoms with Gasteiger partial charge < -0.3 is 14.5 Å². The lowest BCUT2D eigenvalue weighted by Gasteiger charge is -2.09. The molecule has 22 heavy (non-hydrogen) atoms. The van der Waals surface area contributed by atoms with Crippen LogP contribution in [-0.4, -0.2) is 23.5 Å². The van der Waals surface area contributed by atoms with Crippen LogP contribution in [0.2, 0.25) is 0 Å². The average Bonchev–Trinajstić information content (AvgIpc) is 2.46. The number of benzene rings is 1. The molecule has 0 aliphatic carbocycles. The first kappa shape index (κ1) is 15.8. The zero-order valence-electron chi connectivity index (χ0n) is 12.7. The molecule has 1 heterocycles. The van der Waals surface area contributed by atoms with Crippen molar-refractivity contribution in [3.8, 4) is 0 Å². The second-order valence-electron chi connectivity index (χ2n) is 4.88. The predicted octanol–water partition coefficient (Wildman–Crippen LogP) is 2.08. The first-order valence-electron chi connectivity index (χ1n) is 6.89. The van der Waals surface area contributed by atoms with E-state index in [4.69, 9.17) is 9.47 Å². The topological polar surface area (TPSA) is 85.5 Å². The lowest BCUT2D eigenvalue weighted by Crippen LogP contribution is -2.18. The van der Waals surface area contributed by atoms with Crippen LogP contribution in [0, 0.1) is 6.92 Å². The number of aromatic amines is 1. The molecule has 0 saturated heterocycles. The summed E-state index contributed by atoms with van der Waals surface area (Å²) in [6, 6.07) is 3.51. The van der Waals surface area contributed by atoms with E-state index in [9.17, 15) is 14.4 Å². The Labute approximate surface area is 127 Å². The Hall–Kier alpha value is -2.63. The normalized spacial score (nSPS) is 10.5. The molecule has 0 amide bonds. The van der Waals surface area contributed by atoms with Crippen molar-refractivity contribution in [3.05, 3.63) is 45.2 Å². The average molecular weight is 303 g/mol. The number of carbonyl (C=O) groups excluding carboxylic acids is 2.